The van der Waals surface area contributed by atoms with E-state index in [1.165, 1.54) is 22.7 Å². The molecule has 2 N–H and O–H groups in total. The monoisotopic (exact) mass is 330 g/mol. The van der Waals surface area contributed by atoms with E-state index in [4.69, 9.17) is 17.3 Å². The summed E-state index contributed by atoms with van der Waals surface area (Å²) in [6.45, 7) is 0.439. The molecule has 1 aromatic heterocycles. The van der Waals surface area contributed by atoms with E-state index in [0.29, 0.717) is 9.90 Å². The van der Waals surface area contributed by atoms with Gasteiger partial charge in [0.25, 0.3) is 0 Å². The summed E-state index contributed by atoms with van der Waals surface area (Å²) in [4.78, 5) is 0.940. The lowest BCUT2D eigenvalue weighted by atomic mass is 10.2. The second-order valence-corrected chi connectivity index (χ2v) is 7.69. The van der Waals surface area contributed by atoms with Crippen molar-refractivity contribution in [2.75, 3.05) is 7.05 Å². The third kappa shape index (κ3) is 3.05. The first-order valence-corrected chi connectivity index (χ1v) is 8.62. The molecule has 0 amide bonds. The molecule has 0 aliphatic carbocycles. The first-order chi connectivity index (χ1) is 9.46. The van der Waals surface area contributed by atoms with Crippen LogP contribution in [0.25, 0.3) is 0 Å². The van der Waals surface area contributed by atoms with Gasteiger partial charge in [0.2, 0.25) is 10.0 Å². The minimum atomic E-state index is -3.55. The fraction of sp³-hybridized carbons (Fsp3) is 0.231. The van der Waals surface area contributed by atoms with Crippen molar-refractivity contribution in [1.29, 1.82) is 0 Å². The maximum atomic E-state index is 12.5. The summed E-state index contributed by atoms with van der Waals surface area (Å²) in [5.41, 5.74) is 6.34. The van der Waals surface area contributed by atoms with E-state index < -0.39 is 10.0 Å². The van der Waals surface area contributed by atoms with Crippen LogP contribution in [0.2, 0.25) is 5.02 Å². The molecule has 0 unspecified atom stereocenters. The van der Waals surface area contributed by atoms with Gasteiger partial charge < -0.3 is 5.73 Å². The van der Waals surface area contributed by atoms with Gasteiger partial charge in [0.05, 0.1) is 4.90 Å². The molecule has 7 heteroatoms. The Bertz CT molecular complexity index is 698. The Morgan fingerprint density at radius 3 is 2.65 bits per heavy atom. The largest absolute Gasteiger partial charge is 0.326 e. The third-order valence-electron chi connectivity index (χ3n) is 2.93. The molecule has 108 valence electrons. The first kappa shape index (κ1) is 15.5. The zero-order valence-corrected chi connectivity index (χ0v) is 13.3. The molecule has 0 saturated carbocycles. The van der Waals surface area contributed by atoms with Gasteiger partial charge in [0.15, 0.2) is 0 Å². The summed E-state index contributed by atoms with van der Waals surface area (Å²) in [6, 6.07) is 8.79. The van der Waals surface area contributed by atoms with Crippen LogP contribution in [0.5, 0.6) is 0 Å². The molecule has 0 aliphatic rings. The average molecular weight is 331 g/mol. The molecular weight excluding hydrogens is 316 g/mol. The lowest BCUT2D eigenvalue weighted by molar-refractivity contribution is 0.466. The van der Waals surface area contributed by atoms with Gasteiger partial charge in [0.1, 0.15) is 0 Å². The summed E-state index contributed by atoms with van der Waals surface area (Å²) < 4.78 is 26.3. The Morgan fingerprint density at radius 2 is 2.00 bits per heavy atom. The van der Waals surface area contributed by atoms with E-state index in [1.807, 2.05) is 18.2 Å². The number of rotatable bonds is 5. The van der Waals surface area contributed by atoms with E-state index in [9.17, 15) is 8.42 Å². The maximum absolute atomic E-state index is 12.5. The lowest BCUT2D eigenvalue weighted by Gasteiger charge is -2.18. The van der Waals surface area contributed by atoms with Gasteiger partial charge in [-0.2, -0.15) is 4.31 Å². The molecule has 0 atom stereocenters. The second-order valence-electron chi connectivity index (χ2n) is 4.26. The molecule has 4 nitrogen and oxygen atoms in total. The normalized spacial score (nSPS) is 12.0. The van der Waals surface area contributed by atoms with E-state index >= 15 is 0 Å². The van der Waals surface area contributed by atoms with Crippen LogP contribution in [-0.2, 0) is 23.1 Å². The van der Waals surface area contributed by atoms with E-state index in [-0.39, 0.29) is 18.0 Å². The van der Waals surface area contributed by atoms with Gasteiger partial charge in [0, 0.05) is 30.0 Å². The Morgan fingerprint density at radius 1 is 1.30 bits per heavy atom. The number of hydrogen-bond acceptors (Lipinski definition) is 4. The molecule has 0 spiro atoms. The highest BCUT2D eigenvalue weighted by Gasteiger charge is 2.24. The van der Waals surface area contributed by atoms with Crippen molar-refractivity contribution in [1.82, 2.24) is 4.31 Å². The van der Waals surface area contributed by atoms with Crippen LogP contribution in [0.15, 0.2) is 40.6 Å². The number of thiophene rings is 1. The van der Waals surface area contributed by atoms with Gasteiger partial charge in [-0.3, -0.25) is 0 Å². The molecular formula is C13H15ClN2O2S2. The van der Waals surface area contributed by atoms with E-state index in [0.717, 1.165) is 5.56 Å². The zero-order chi connectivity index (χ0) is 14.8. The maximum Gasteiger partial charge on any atom is 0.244 e. The highest BCUT2D eigenvalue weighted by molar-refractivity contribution is 7.89. The molecule has 0 radical (unpaired) electrons. The van der Waals surface area contributed by atoms with E-state index in [1.54, 1.807) is 17.5 Å². The average Bonchev–Trinajstić information content (AvgIpc) is 2.90. The molecule has 0 bridgehead atoms. The number of benzene rings is 1. The topological polar surface area (TPSA) is 63.4 Å². The van der Waals surface area contributed by atoms with Gasteiger partial charge in [-0.05, 0) is 23.1 Å². The van der Waals surface area contributed by atoms with Crippen LogP contribution in [0.1, 0.15) is 10.4 Å². The zero-order valence-electron chi connectivity index (χ0n) is 10.9. The third-order valence-corrected chi connectivity index (χ3v) is 6.26. The van der Waals surface area contributed by atoms with Crippen molar-refractivity contribution in [3.8, 4) is 0 Å². The fourth-order valence-corrected chi connectivity index (χ4v) is 4.47. The van der Waals surface area contributed by atoms with Crippen LogP contribution >= 0.6 is 22.9 Å². The molecule has 1 heterocycles. The minimum Gasteiger partial charge on any atom is -0.326 e. The number of hydrogen-bond donors (Lipinski definition) is 1. The van der Waals surface area contributed by atoms with Crippen LogP contribution in [0.3, 0.4) is 0 Å². The van der Waals surface area contributed by atoms with Gasteiger partial charge in [-0.1, -0.05) is 29.8 Å². The predicted molar refractivity (Wildman–Crippen MR) is 82.3 cm³/mol. The predicted octanol–water partition coefficient (Wildman–Crippen LogP) is 2.68. The molecule has 0 saturated heterocycles. The van der Waals surface area contributed by atoms with Gasteiger partial charge in [-0.25, -0.2) is 8.42 Å². The van der Waals surface area contributed by atoms with Crippen LogP contribution < -0.4 is 5.73 Å². The molecule has 2 aromatic rings. The number of halogens is 1. The quantitative estimate of drug-likeness (QED) is 0.916. The SMILES string of the molecule is CN(Cc1ccccc1Cl)S(=O)(=O)c1ccsc1CN. The smallest absolute Gasteiger partial charge is 0.244 e. The minimum absolute atomic E-state index is 0.214. The van der Waals surface area contributed by atoms with Crippen molar-refractivity contribution < 1.29 is 8.42 Å². The number of sulfonamides is 1. The van der Waals surface area contributed by atoms with Crippen molar-refractivity contribution in [2.24, 2.45) is 5.73 Å². The summed E-state index contributed by atoms with van der Waals surface area (Å²) in [5.74, 6) is 0. The highest BCUT2D eigenvalue weighted by atomic mass is 35.5. The Labute approximate surface area is 127 Å². The Kier molecular flexibility index (Phi) is 4.82. The van der Waals surface area contributed by atoms with Gasteiger partial charge in [-0.15, -0.1) is 11.3 Å². The summed E-state index contributed by atoms with van der Waals surface area (Å²) in [7, 11) is -2.01. The Balaban J connectivity index is 2.29. The van der Waals surface area contributed by atoms with Crippen molar-refractivity contribution in [2.45, 2.75) is 18.0 Å². The number of nitrogens with zero attached hydrogens (tertiary/aromatic N) is 1. The summed E-state index contributed by atoms with van der Waals surface area (Å²) in [6.07, 6.45) is 0. The standard InChI is InChI=1S/C13H15ClN2O2S2/c1-16(9-10-4-2-3-5-11(10)14)20(17,18)13-6-7-19-12(13)8-15/h2-7H,8-9,15H2,1H3. The lowest BCUT2D eigenvalue weighted by Crippen LogP contribution is -2.27. The molecule has 2 rings (SSSR count). The molecule has 0 aliphatic heterocycles. The molecule has 1 aromatic carbocycles. The number of nitrogens with two attached hydrogens (primary N) is 1. The second kappa shape index (κ2) is 6.24. The van der Waals surface area contributed by atoms with Crippen LogP contribution in [0.4, 0.5) is 0 Å². The summed E-state index contributed by atoms with van der Waals surface area (Å²) >= 11 is 7.41. The van der Waals surface area contributed by atoms with Gasteiger partial charge >= 0.3 is 0 Å². The summed E-state index contributed by atoms with van der Waals surface area (Å²) in [5, 5.41) is 2.29. The van der Waals surface area contributed by atoms with Crippen molar-refractivity contribution in [3.05, 3.63) is 51.2 Å². The van der Waals surface area contributed by atoms with Crippen LogP contribution in [-0.4, -0.2) is 19.8 Å². The van der Waals surface area contributed by atoms with Crippen LogP contribution in [0, 0.1) is 0 Å². The first-order valence-electron chi connectivity index (χ1n) is 5.93. The highest BCUT2D eigenvalue weighted by Crippen LogP contribution is 2.26. The fourth-order valence-electron chi connectivity index (χ4n) is 1.83. The molecule has 0 fully saturated rings. The van der Waals surface area contributed by atoms with Crippen molar-refractivity contribution in [3.63, 3.8) is 0 Å². The Hall–Kier alpha value is -0.920. The molecule has 20 heavy (non-hydrogen) atoms. The van der Waals surface area contributed by atoms with E-state index in [2.05, 4.69) is 0 Å². The van der Waals surface area contributed by atoms with Crippen molar-refractivity contribution >= 4 is 33.0 Å².